The smallest absolute Gasteiger partial charge is 0.355 e. The number of hydrogen-bond donors (Lipinski definition) is 4. The maximum atomic E-state index is 15.7. The highest BCUT2D eigenvalue weighted by Gasteiger charge is 2.32. The van der Waals surface area contributed by atoms with Crippen LogP contribution in [0.4, 0.5) is 21.0 Å². The number of halogens is 1. The third-order valence-electron chi connectivity index (χ3n) is 13.5. The largest absolute Gasteiger partial charge is 0.493 e. The van der Waals surface area contributed by atoms with Gasteiger partial charge in [0, 0.05) is 60.4 Å². The van der Waals surface area contributed by atoms with Crippen molar-refractivity contribution in [2.45, 2.75) is 57.4 Å². The molecule has 4 amide bonds. The summed E-state index contributed by atoms with van der Waals surface area (Å²) in [6, 6.07) is 26.5. The van der Waals surface area contributed by atoms with E-state index in [4.69, 9.17) is 4.74 Å². The highest BCUT2D eigenvalue weighted by Crippen LogP contribution is 2.35. The van der Waals surface area contributed by atoms with Gasteiger partial charge in [-0.25, -0.2) is 19.2 Å². The molecule has 1 unspecified atom stereocenters. The van der Waals surface area contributed by atoms with Gasteiger partial charge < -0.3 is 20.1 Å². The lowest BCUT2D eigenvalue weighted by molar-refractivity contribution is -0.134. The van der Waals surface area contributed by atoms with Crippen molar-refractivity contribution in [2.75, 3.05) is 48.3 Å². The summed E-state index contributed by atoms with van der Waals surface area (Å²) in [4.78, 5) is 76.5. The summed E-state index contributed by atoms with van der Waals surface area (Å²) in [6.07, 6.45) is 4.86. The van der Waals surface area contributed by atoms with Crippen LogP contribution in [-0.4, -0.2) is 92.1 Å². The number of carbonyl (C=O) groups excluding carboxylic acids is 4. The molecule has 16 nitrogen and oxygen atoms in total. The number of likely N-dealkylation sites (tertiary alicyclic amines) is 1. The topological polar surface area (TPSA) is 201 Å². The molecule has 3 aliphatic heterocycles. The Kier molecular flexibility index (Phi) is 13.1. The molecule has 4 aromatic carbocycles. The molecule has 10 rings (SSSR count). The maximum Gasteiger partial charge on any atom is 0.355 e. The van der Waals surface area contributed by atoms with Crippen molar-refractivity contribution in [2.24, 2.45) is 13.0 Å². The van der Waals surface area contributed by atoms with Gasteiger partial charge in [0.1, 0.15) is 17.4 Å². The van der Waals surface area contributed by atoms with Gasteiger partial charge in [0.25, 0.3) is 5.91 Å². The van der Waals surface area contributed by atoms with E-state index in [0.717, 1.165) is 71.0 Å². The van der Waals surface area contributed by atoms with Gasteiger partial charge in [0.2, 0.25) is 17.7 Å². The molecule has 358 valence electrons. The number of nitrogens with one attached hydrogen (secondary N) is 3. The molecule has 4 N–H and O–H groups in total. The molecule has 0 saturated carbocycles. The van der Waals surface area contributed by atoms with Gasteiger partial charge in [-0.2, -0.15) is 5.10 Å². The van der Waals surface area contributed by atoms with Crippen LogP contribution in [0.25, 0.3) is 32.2 Å². The van der Waals surface area contributed by atoms with Crippen LogP contribution >= 0.6 is 11.3 Å². The summed E-state index contributed by atoms with van der Waals surface area (Å²) in [5.41, 5.74) is 5.15. The van der Waals surface area contributed by atoms with E-state index in [1.165, 1.54) is 23.5 Å². The summed E-state index contributed by atoms with van der Waals surface area (Å²) < 4.78 is 24.3. The average Bonchev–Trinajstić information content (AvgIpc) is 3.92. The summed E-state index contributed by atoms with van der Waals surface area (Å²) in [5.74, 6) is -2.21. The molecule has 2 saturated heterocycles. The van der Waals surface area contributed by atoms with Crippen molar-refractivity contribution in [3.8, 4) is 16.9 Å². The van der Waals surface area contributed by atoms with Crippen LogP contribution < -0.4 is 25.6 Å². The first-order valence-corrected chi connectivity index (χ1v) is 24.3. The Morgan fingerprint density at radius 1 is 0.900 bits per heavy atom. The second-order valence-corrected chi connectivity index (χ2v) is 19.1. The number of carboxylic acid groups (broad SMARTS) is 1. The lowest BCUT2D eigenvalue weighted by atomic mass is 9.92. The number of anilines is 3. The predicted octanol–water partition coefficient (Wildman–Crippen LogP) is 7.93. The molecule has 7 aromatic rings. The van der Waals surface area contributed by atoms with Crippen molar-refractivity contribution >= 4 is 78.7 Å². The molecule has 18 heteroatoms. The van der Waals surface area contributed by atoms with E-state index >= 15 is 4.39 Å². The number of aromatic carboxylic acids is 1. The molecule has 3 aromatic heterocycles. The number of amides is 4. The Balaban J connectivity index is 0.692. The van der Waals surface area contributed by atoms with E-state index in [1.54, 1.807) is 36.0 Å². The van der Waals surface area contributed by atoms with Gasteiger partial charge in [-0.3, -0.25) is 39.4 Å². The number of carboxylic acids is 1. The number of ether oxygens (including phenoxy) is 1. The SMILES string of the molecule is Cn1nc(C2CCC(=O)NC2=O)c2ccc(NC(=O)CN3CCC(CCCOc4ccc(-c5ccc(N6CCc7cccc(C(=O)Nc8nc9ccccc9s8)c7C6)nc5C(=O)O)c(F)c4)CC3)cc21. The summed E-state index contributed by atoms with van der Waals surface area (Å²) in [7, 11) is 1.79. The van der Waals surface area contributed by atoms with Crippen LogP contribution in [0.1, 0.15) is 82.1 Å². The molecule has 0 spiro atoms. The molecular formula is C52H50FN9O7S. The van der Waals surface area contributed by atoms with Crippen molar-refractivity contribution in [3.05, 3.63) is 125 Å². The number of pyridine rings is 1. The first kappa shape index (κ1) is 46.2. The molecule has 0 bridgehead atoms. The Morgan fingerprint density at radius 2 is 1.73 bits per heavy atom. The zero-order valence-electron chi connectivity index (χ0n) is 38.4. The van der Waals surface area contributed by atoms with Crippen LogP contribution in [0, 0.1) is 11.7 Å². The van der Waals surface area contributed by atoms with Crippen LogP contribution in [0.3, 0.4) is 0 Å². The number of rotatable bonds is 14. The van der Waals surface area contributed by atoms with E-state index in [1.807, 2.05) is 59.5 Å². The van der Waals surface area contributed by atoms with E-state index in [2.05, 4.69) is 35.9 Å². The minimum absolute atomic E-state index is 0.0946. The van der Waals surface area contributed by atoms with Gasteiger partial charge in [0.15, 0.2) is 10.8 Å². The normalized spacial score (nSPS) is 16.5. The van der Waals surface area contributed by atoms with E-state index < -0.39 is 17.7 Å². The fourth-order valence-corrected chi connectivity index (χ4v) is 10.7. The molecule has 3 aliphatic rings. The quantitative estimate of drug-likeness (QED) is 0.0607. The molecule has 1 atom stereocenters. The van der Waals surface area contributed by atoms with Gasteiger partial charge in [-0.15, -0.1) is 0 Å². The molecular weight excluding hydrogens is 914 g/mol. The van der Waals surface area contributed by atoms with Crippen LogP contribution in [0.5, 0.6) is 5.75 Å². The first-order valence-electron chi connectivity index (χ1n) is 23.5. The van der Waals surface area contributed by atoms with Crippen molar-refractivity contribution in [3.63, 3.8) is 0 Å². The number of para-hydroxylation sites is 1. The second-order valence-electron chi connectivity index (χ2n) is 18.1. The number of benzene rings is 4. The van der Waals surface area contributed by atoms with Crippen molar-refractivity contribution in [1.29, 1.82) is 0 Å². The average molecular weight is 964 g/mol. The zero-order valence-corrected chi connectivity index (χ0v) is 39.2. The van der Waals surface area contributed by atoms with Gasteiger partial charge in [-0.1, -0.05) is 35.6 Å². The van der Waals surface area contributed by atoms with Crippen molar-refractivity contribution in [1.82, 2.24) is 30.0 Å². The Morgan fingerprint density at radius 3 is 2.53 bits per heavy atom. The second kappa shape index (κ2) is 19.8. The minimum Gasteiger partial charge on any atom is -0.493 e. The monoisotopic (exact) mass is 963 g/mol. The predicted molar refractivity (Wildman–Crippen MR) is 264 cm³/mol. The number of thiazole rings is 1. The van der Waals surface area contributed by atoms with Crippen molar-refractivity contribution < 1.29 is 38.2 Å². The Bertz CT molecular complexity index is 3170. The van der Waals surface area contributed by atoms with Gasteiger partial charge >= 0.3 is 5.97 Å². The standard InChI is InChI=1S/C52H50FN9O7S/c1-60-42-26-32(11-13-37(42)47(59-60)38-16-18-45(63)57-50(38)66)54-46(64)29-61-22-19-30(20-23-61)6-5-25-69-33-12-14-34(40(53)27-33)35-15-17-44(56-48(35)51(67)68)62-24-21-31-7-4-8-36(39(31)28-62)49(65)58-52-55-41-9-2-3-10-43(41)70-52/h2-4,7-15,17,26-27,30,38H,5-6,16,18-25,28-29H2,1H3,(H,54,64)(H,67,68)(H,55,58,65)(H,57,63,66). The Hall–Kier alpha value is -7.57. The number of aryl methyl sites for hydroxylation is 1. The third kappa shape index (κ3) is 9.82. The molecule has 70 heavy (non-hydrogen) atoms. The summed E-state index contributed by atoms with van der Waals surface area (Å²) >= 11 is 1.40. The van der Waals surface area contributed by atoms with E-state index in [9.17, 15) is 29.1 Å². The van der Waals surface area contributed by atoms with Gasteiger partial charge in [0.05, 0.1) is 40.5 Å². The number of hydrogen-bond acceptors (Lipinski definition) is 12. The third-order valence-corrected chi connectivity index (χ3v) is 14.5. The fraction of sp³-hybridized carbons (Fsp3) is 0.308. The first-order chi connectivity index (χ1) is 33.9. The van der Waals surface area contributed by atoms with Crippen LogP contribution in [0.2, 0.25) is 0 Å². The van der Waals surface area contributed by atoms with Gasteiger partial charge in [-0.05, 0) is 129 Å². The highest BCUT2D eigenvalue weighted by atomic mass is 32.1. The summed E-state index contributed by atoms with van der Waals surface area (Å²) in [5, 5.41) is 24.5. The lowest BCUT2D eigenvalue weighted by Crippen LogP contribution is -2.39. The number of aromatic nitrogens is 4. The molecule has 6 heterocycles. The Labute approximate surface area is 405 Å². The number of fused-ring (bicyclic) bond motifs is 3. The molecule has 0 aliphatic carbocycles. The highest BCUT2D eigenvalue weighted by molar-refractivity contribution is 7.22. The zero-order chi connectivity index (χ0) is 48.5. The lowest BCUT2D eigenvalue weighted by Gasteiger charge is -2.31. The fourth-order valence-electron chi connectivity index (χ4n) is 9.86. The number of nitrogens with zero attached hydrogens (tertiary/aromatic N) is 6. The maximum absolute atomic E-state index is 15.7. The van der Waals surface area contributed by atoms with E-state index in [0.29, 0.717) is 72.1 Å². The minimum atomic E-state index is -1.29. The van der Waals surface area contributed by atoms with Crippen LogP contribution in [-0.2, 0) is 34.4 Å². The van der Waals surface area contributed by atoms with E-state index in [-0.39, 0.29) is 53.4 Å². The number of imide groups is 1. The molecule has 0 radical (unpaired) electrons. The summed E-state index contributed by atoms with van der Waals surface area (Å²) in [6.45, 7) is 3.10. The number of piperidine rings is 2. The van der Waals surface area contributed by atoms with Crippen LogP contribution in [0.15, 0.2) is 91.0 Å². The number of carbonyl (C=O) groups is 5. The molecule has 2 fully saturated rings.